The quantitative estimate of drug-likeness (QED) is 0.609. The van der Waals surface area contributed by atoms with Gasteiger partial charge < -0.3 is 25.3 Å². The molecule has 0 aliphatic heterocycles. The van der Waals surface area contributed by atoms with Crippen LogP contribution in [0.25, 0.3) is 0 Å². The smallest absolute Gasteiger partial charge is 0.355 e. The summed E-state index contributed by atoms with van der Waals surface area (Å²) < 4.78 is 6.57. The minimum Gasteiger partial charge on any atom is -0.458 e. The summed E-state index contributed by atoms with van der Waals surface area (Å²) in [6.07, 6.45) is 1.49. The molecule has 6 heteroatoms. The van der Waals surface area contributed by atoms with E-state index in [2.05, 4.69) is 0 Å². The number of esters is 1. The van der Waals surface area contributed by atoms with Gasteiger partial charge in [0.2, 0.25) is 0 Å². The Morgan fingerprint density at radius 2 is 2.35 bits per heavy atom. The van der Waals surface area contributed by atoms with Crippen LogP contribution in [0, 0.1) is 0 Å². The van der Waals surface area contributed by atoms with Crippen LogP contribution in [0.1, 0.15) is 23.8 Å². The Morgan fingerprint density at radius 3 is 2.94 bits per heavy atom. The van der Waals surface area contributed by atoms with Crippen molar-refractivity contribution < 1.29 is 19.7 Å². The van der Waals surface area contributed by atoms with E-state index in [4.69, 9.17) is 20.7 Å². The molecule has 0 radical (unpaired) electrons. The van der Waals surface area contributed by atoms with Gasteiger partial charge in [-0.05, 0) is 12.5 Å². The van der Waals surface area contributed by atoms with Gasteiger partial charge in [0.1, 0.15) is 18.4 Å². The fourth-order valence-electron chi connectivity index (χ4n) is 1.43. The van der Waals surface area contributed by atoms with Gasteiger partial charge in [-0.1, -0.05) is 6.92 Å². The minimum absolute atomic E-state index is 0.230. The highest BCUT2D eigenvalue weighted by Gasteiger charge is 2.15. The average Bonchev–Trinajstić information content (AvgIpc) is 2.67. The van der Waals surface area contributed by atoms with Crippen LogP contribution in [0.3, 0.4) is 0 Å². The third-order valence-electron chi connectivity index (χ3n) is 2.21. The number of anilines is 1. The van der Waals surface area contributed by atoms with Crippen molar-refractivity contribution in [3.05, 3.63) is 18.0 Å². The van der Waals surface area contributed by atoms with Crippen LogP contribution in [0.5, 0.6) is 0 Å². The first-order chi connectivity index (χ1) is 8.08. The van der Waals surface area contributed by atoms with Gasteiger partial charge in [0.15, 0.2) is 0 Å². The van der Waals surface area contributed by atoms with Crippen LogP contribution in [-0.2, 0) is 11.3 Å². The summed E-state index contributed by atoms with van der Waals surface area (Å²) in [6.45, 7) is 1.99. The molecule has 0 fully saturated rings. The molecule has 0 spiro atoms. The number of nitrogens with two attached hydrogens (primary N) is 1. The molecular formula is C11H18N2O4. The Morgan fingerprint density at radius 1 is 1.65 bits per heavy atom. The highest BCUT2D eigenvalue weighted by molar-refractivity contribution is 5.89. The number of hydrogen-bond donors (Lipinski definition) is 3. The van der Waals surface area contributed by atoms with E-state index in [9.17, 15) is 4.79 Å². The summed E-state index contributed by atoms with van der Waals surface area (Å²) in [4.78, 5) is 11.7. The lowest BCUT2D eigenvalue weighted by atomic mass is 10.4. The second kappa shape index (κ2) is 6.27. The van der Waals surface area contributed by atoms with Crippen molar-refractivity contribution in [2.75, 3.05) is 18.9 Å². The van der Waals surface area contributed by atoms with Crippen LogP contribution in [0.2, 0.25) is 0 Å². The van der Waals surface area contributed by atoms with Crippen molar-refractivity contribution in [3.8, 4) is 0 Å². The first kappa shape index (κ1) is 13.5. The van der Waals surface area contributed by atoms with Crippen molar-refractivity contribution in [1.82, 2.24) is 4.57 Å². The molecule has 0 aliphatic rings. The van der Waals surface area contributed by atoms with Gasteiger partial charge in [0.05, 0.1) is 12.3 Å². The monoisotopic (exact) mass is 242 g/mol. The first-order valence-electron chi connectivity index (χ1n) is 5.50. The number of aliphatic hydroxyl groups is 2. The van der Waals surface area contributed by atoms with E-state index in [0.717, 1.165) is 6.42 Å². The van der Waals surface area contributed by atoms with Gasteiger partial charge >= 0.3 is 5.97 Å². The van der Waals surface area contributed by atoms with E-state index in [1.165, 1.54) is 6.07 Å². The number of nitrogens with zero attached hydrogens (tertiary/aromatic N) is 1. The van der Waals surface area contributed by atoms with E-state index >= 15 is 0 Å². The molecule has 0 aromatic carbocycles. The summed E-state index contributed by atoms with van der Waals surface area (Å²) in [6, 6.07) is 1.53. The lowest BCUT2D eigenvalue weighted by molar-refractivity contribution is 0.00853. The molecule has 1 atom stereocenters. The van der Waals surface area contributed by atoms with Crippen LogP contribution in [-0.4, -0.2) is 40.1 Å². The van der Waals surface area contributed by atoms with E-state index in [1.807, 2.05) is 6.92 Å². The highest BCUT2D eigenvalue weighted by Crippen LogP contribution is 2.12. The molecule has 1 heterocycles. The number of nitrogen functional groups attached to an aromatic ring is 1. The van der Waals surface area contributed by atoms with Crippen molar-refractivity contribution in [2.45, 2.75) is 26.0 Å². The second-order valence-electron chi connectivity index (χ2n) is 3.79. The number of aromatic nitrogens is 1. The Kier molecular flexibility index (Phi) is 4.99. The maximum Gasteiger partial charge on any atom is 0.355 e. The molecule has 0 amide bonds. The molecule has 0 bridgehead atoms. The normalized spacial score (nSPS) is 12.4. The maximum atomic E-state index is 11.7. The molecule has 0 saturated carbocycles. The number of ether oxygens (including phenoxy) is 1. The zero-order valence-electron chi connectivity index (χ0n) is 9.80. The molecule has 4 N–H and O–H groups in total. The predicted octanol–water partition coefficient (Wildman–Crippen LogP) is -0.00970. The van der Waals surface area contributed by atoms with E-state index in [0.29, 0.717) is 17.9 Å². The Balaban J connectivity index is 2.67. The molecule has 1 aromatic rings. The molecule has 0 saturated heterocycles. The molecule has 1 rings (SSSR count). The lowest BCUT2D eigenvalue weighted by Crippen LogP contribution is -2.23. The summed E-state index contributed by atoms with van der Waals surface area (Å²) in [5.41, 5.74) is 6.46. The van der Waals surface area contributed by atoms with Crippen LogP contribution in [0.15, 0.2) is 12.3 Å². The topological polar surface area (TPSA) is 97.7 Å². The van der Waals surface area contributed by atoms with Crippen molar-refractivity contribution >= 4 is 11.7 Å². The lowest BCUT2D eigenvalue weighted by Gasteiger charge is -2.10. The Hall–Kier alpha value is -1.53. The molecule has 1 unspecified atom stereocenters. The molecule has 1 aromatic heterocycles. The molecule has 6 nitrogen and oxygen atoms in total. The maximum absolute atomic E-state index is 11.7. The number of carbonyl (C=O) groups excluding carboxylic acids is 1. The van der Waals surface area contributed by atoms with Gasteiger partial charge in [-0.25, -0.2) is 4.79 Å². The average molecular weight is 242 g/mol. The van der Waals surface area contributed by atoms with Crippen LogP contribution >= 0.6 is 0 Å². The number of rotatable bonds is 6. The number of aryl methyl sites for hydroxylation is 1. The largest absolute Gasteiger partial charge is 0.458 e. The third kappa shape index (κ3) is 3.76. The van der Waals surface area contributed by atoms with Gasteiger partial charge in [0.25, 0.3) is 0 Å². The second-order valence-corrected chi connectivity index (χ2v) is 3.79. The Bertz CT molecular complexity index is 376. The Labute approximate surface area is 99.6 Å². The molecule has 17 heavy (non-hydrogen) atoms. The SMILES string of the molecule is CCCn1cc(N)cc1C(=O)OCC(O)CO. The van der Waals surface area contributed by atoms with Crippen molar-refractivity contribution in [2.24, 2.45) is 0 Å². The predicted molar refractivity (Wildman–Crippen MR) is 62.5 cm³/mol. The fraction of sp³-hybridized carbons (Fsp3) is 0.545. The van der Waals surface area contributed by atoms with Gasteiger partial charge in [-0.3, -0.25) is 0 Å². The molecular weight excluding hydrogens is 224 g/mol. The first-order valence-corrected chi connectivity index (χ1v) is 5.50. The zero-order chi connectivity index (χ0) is 12.8. The fourth-order valence-corrected chi connectivity index (χ4v) is 1.43. The van der Waals surface area contributed by atoms with E-state index in [-0.39, 0.29) is 6.61 Å². The van der Waals surface area contributed by atoms with Crippen molar-refractivity contribution in [3.63, 3.8) is 0 Å². The van der Waals surface area contributed by atoms with Crippen molar-refractivity contribution in [1.29, 1.82) is 0 Å². The van der Waals surface area contributed by atoms with E-state index < -0.39 is 18.7 Å². The van der Waals surface area contributed by atoms with Gasteiger partial charge in [0, 0.05) is 12.7 Å². The number of carbonyl (C=O) groups is 1. The van der Waals surface area contributed by atoms with Crippen LogP contribution < -0.4 is 5.73 Å². The number of aliphatic hydroxyl groups excluding tert-OH is 2. The summed E-state index contributed by atoms with van der Waals surface area (Å²) in [7, 11) is 0. The van der Waals surface area contributed by atoms with Gasteiger partial charge in [-0.2, -0.15) is 0 Å². The van der Waals surface area contributed by atoms with E-state index in [1.54, 1.807) is 10.8 Å². The highest BCUT2D eigenvalue weighted by atomic mass is 16.5. The molecule has 96 valence electrons. The summed E-state index contributed by atoms with van der Waals surface area (Å²) >= 11 is 0. The summed E-state index contributed by atoms with van der Waals surface area (Å²) in [5, 5.41) is 17.7. The minimum atomic E-state index is -1.05. The third-order valence-corrected chi connectivity index (χ3v) is 2.21. The standard InChI is InChI=1S/C11H18N2O4/c1-2-3-13-5-8(12)4-10(13)11(16)17-7-9(15)6-14/h4-5,9,14-15H,2-3,6-7,12H2,1H3. The molecule has 0 aliphatic carbocycles. The van der Waals surface area contributed by atoms with Crippen LogP contribution in [0.4, 0.5) is 5.69 Å². The summed E-state index contributed by atoms with van der Waals surface area (Å²) in [5.74, 6) is -0.553. The zero-order valence-corrected chi connectivity index (χ0v) is 9.80. The van der Waals surface area contributed by atoms with Gasteiger partial charge in [-0.15, -0.1) is 0 Å². The number of hydrogen-bond acceptors (Lipinski definition) is 5.